The van der Waals surface area contributed by atoms with Gasteiger partial charge < -0.3 is 15.2 Å². The number of imide groups is 2. The summed E-state index contributed by atoms with van der Waals surface area (Å²) in [4.78, 5) is 36.9. The first-order chi connectivity index (χ1) is 9.99. The molecule has 0 atom stereocenters. The highest BCUT2D eigenvalue weighted by atomic mass is 16.7. The molecule has 1 fully saturated rings. The van der Waals surface area contributed by atoms with Crippen LogP contribution >= 0.6 is 0 Å². The maximum Gasteiger partial charge on any atom is 0.334 e. The quantitative estimate of drug-likeness (QED) is 0.469. The summed E-state index contributed by atoms with van der Waals surface area (Å²) in [5, 5.41) is 0. The lowest BCUT2D eigenvalue weighted by atomic mass is 10.1. The fraction of sp³-hybridized carbons (Fsp3) is 0.308. The number of nitrogen functional groups attached to an aromatic ring is 1. The number of amides is 4. The predicted molar refractivity (Wildman–Crippen MR) is 69.9 cm³/mol. The molecule has 2 heterocycles. The lowest BCUT2D eigenvalue weighted by molar-refractivity contribution is -0.143. The van der Waals surface area contributed by atoms with E-state index in [9.17, 15) is 14.4 Å². The highest BCUT2D eigenvalue weighted by Gasteiger charge is 2.42. The molecule has 1 aromatic carbocycles. The van der Waals surface area contributed by atoms with Crippen molar-refractivity contribution in [2.24, 2.45) is 0 Å². The zero-order valence-corrected chi connectivity index (χ0v) is 11.3. The second-order valence-electron chi connectivity index (χ2n) is 4.82. The second kappa shape index (κ2) is 4.74. The molecule has 8 heteroatoms. The van der Waals surface area contributed by atoms with Gasteiger partial charge in [-0.3, -0.25) is 19.4 Å². The molecule has 4 amide bonds. The van der Waals surface area contributed by atoms with Crippen LogP contribution in [-0.4, -0.2) is 41.5 Å². The summed E-state index contributed by atoms with van der Waals surface area (Å²) in [7, 11) is 1.27. The van der Waals surface area contributed by atoms with Crippen molar-refractivity contribution in [3.05, 3.63) is 23.3 Å². The minimum absolute atomic E-state index is 0.0683. The Morgan fingerprint density at radius 2 is 2.00 bits per heavy atom. The van der Waals surface area contributed by atoms with Crippen LogP contribution in [0.1, 0.15) is 11.1 Å². The van der Waals surface area contributed by atoms with Crippen LogP contribution in [0.2, 0.25) is 0 Å². The van der Waals surface area contributed by atoms with Crippen LogP contribution in [0, 0.1) is 0 Å². The van der Waals surface area contributed by atoms with Gasteiger partial charge in [0.2, 0.25) is 0 Å². The Labute approximate surface area is 120 Å². The molecule has 21 heavy (non-hydrogen) atoms. The van der Waals surface area contributed by atoms with Crippen LogP contribution in [0.5, 0.6) is 5.75 Å². The fourth-order valence-electron chi connectivity index (χ4n) is 2.37. The van der Waals surface area contributed by atoms with Gasteiger partial charge in [-0.05, 0) is 12.1 Å². The van der Waals surface area contributed by atoms with E-state index < -0.39 is 17.8 Å². The zero-order valence-electron chi connectivity index (χ0n) is 11.3. The van der Waals surface area contributed by atoms with Gasteiger partial charge in [-0.25, -0.2) is 4.79 Å². The SMILES string of the molecule is CN1C(=O)C(=O)N(Cc2cc(N)cc3c2OCOC3)C1=O. The third kappa shape index (κ3) is 2.09. The van der Waals surface area contributed by atoms with Gasteiger partial charge in [0.25, 0.3) is 0 Å². The smallest absolute Gasteiger partial charge is 0.334 e. The third-order valence-corrected chi connectivity index (χ3v) is 3.39. The van der Waals surface area contributed by atoms with E-state index in [-0.39, 0.29) is 13.3 Å². The summed E-state index contributed by atoms with van der Waals surface area (Å²) in [6.45, 7) is 0.361. The minimum Gasteiger partial charge on any atom is -0.467 e. The number of urea groups is 1. The second-order valence-corrected chi connectivity index (χ2v) is 4.82. The molecule has 0 aromatic heterocycles. The first-order valence-electron chi connectivity index (χ1n) is 6.24. The molecule has 0 spiro atoms. The molecular weight excluding hydrogens is 278 g/mol. The zero-order chi connectivity index (χ0) is 15.1. The molecule has 1 aromatic rings. The van der Waals surface area contributed by atoms with Crippen molar-refractivity contribution in [3.63, 3.8) is 0 Å². The number of hydrogen-bond donors (Lipinski definition) is 1. The van der Waals surface area contributed by atoms with Crippen molar-refractivity contribution in [3.8, 4) is 5.75 Å². The van der Waals surface area contributed by atoms with Crippen molar-refractivity contribution in [2.45, 2.75) is 13.2 Å². The van der Waals surface area contributed by atoms with Crippen LogP contribution in [-0.2, 0) is 27.5 Å². The Morgan fingerprint density at radius 3 is 2.67 bits per heavy atom. The van der Waals surface area contributed by atoms with E-state index >= 15 is 0 Å². The summed E-state index contributed by atoms with van der Waals surface area (Å²) >= 11 is 0. The lowest BCUT2D eigenvalue weighted by Gasteiger charge is -2.23. The van der Waals surface area contributed by atoms with E-state index in [0.29, 0.717) is 23.6 Å². The number of fused-ring (bicyclic) bond motifs is 1. The van der Waals surface area contributed by atoms with Gasteiger partial charge in [-0.15, -0.1) is 0 Å². The highest BCUT2D eigenvalue weighted by Crippen LogP contribution is 2.32. The molecule has 2 aliphatic rings. The molecule has 2 aliphatic heterocycles. The van der Waals surface area contributed by atoms with E-state index in [0.717, 1.165) is 15.4 Å². The topological polar surface area (TPSA) is 102 Å². The Kier molecular flexibility index (Phi) is 3.02. The monoisotopic (exact) mass is 291 g/mol. The molecule has 0 radical (unpaired) electrons. The fourth-order valence-corrected chi connectivity index (χ4v) is 2.37. The van der Waals surface area contributed by atoms with Crippen molar-refractivity contribution in [2.75, 3.05) is 19.6 Å². The van der Waals surface area contributed by atoms with Crippen molar-refractivity contribution >= 4 is 23.5 Å². The number of benzene rings is 1. The van der Waals surface area contributed by atoms with Gasteiger partial charge in [0.15, 0.2) is 6.79 Å². The standard InChI is InChI=1S/C13H13N3O5/c1-15-11(17)12(18)16(13(15)19)4-7-2-9(14)3-8-5-20-6-21-10(7)8/h2-3H,4-6,14H2,1H3. The van der Waals surface area contributed by atoms with Crippen molar-refractivity contribution < 1.29 is 23.9 Å². The van der Waals surface area contributed by atoms with Crippen molar-refractivity contribution in [1.29, 1.82) is 0 Å². The Balaban J connectivity index is 1.95. The van der Waals surface area contributed by atoms with E-state index in [2.05, 4.69) is 0 Å². The summed E-state index contributed by atoms with van der Waals surface area (Å²) in [5.41, 5.74) is 7.59. The number of nitrogens with two attached hydrogens (primary N) is 1. The van der Waals surface area contributed by atoms with Gasteiger partial charge >= 0.3 is 17.8 Å². The van der Waals surface area contributed by atoms with Gasteiger partial charge in [0.05, 0.1) is 13.2 Å². The molecule has 0 unspecified atom stereocenters. The number of carbonyl (C=O) groups excluding carboxylic acids is 3. The number of anilines is 1. The number of rotatable bonds is 2. The molecule has 0 aliphatic carbocycles. The minimum atomic E-state index is -0.856. The van der Waals surface area contributed by atoms with E-state index in [4.69, 9.17) is 15.2 Å². The van der Waals surface area contributed by atoms with Gasteiger partial charge in [-0.2, -0.15) is 0 Å². The van der Waals surface area contributed by atoms with Crippen LogP contribution in [0.4, 0.5) is 10.5 Å². The summed E-state index contributed by atoms with van der Waals surface area (Å²) in [6, 6.07) is 2.67. The van der Waals surface area contributed by atoms with Crippen LogP contribution in [0.25, 0.3) is 0 Å². The van der Waals surface area contributed by atoms with Gasteiger partial charge in [0, 0.05) is 23.9 Å². The maximum atomic E-state index is 11.9. The molecule has 3 rings (SSSR count). The molecule has 8 nitrogen and oxygen atoms in total. The van der Waals surface area contributed by atoms with E-state index in [1.807, 2.05) is 0 Å². The highest BCUT2D eigenvalue weighted by molar-refractivity contribution is 6.44. The van der Waals surface area contributed by atoms with Gasteiger partial charge in [0.1, 0.15) is 5.75 Å². The number of likely N-dealkylation sites (N-methyl/N-ethyl adjacent to an activating group) is 1. The van der Waals surface area contributed by atoms with E-state index in [1.165, 1.54) is 7.05 Å². The molecular formula is C13H13N3O5. The summed E-state index contributed by atoms with van der Waals surface area (Å²) in [6.07, 6.45) is 0. The Hall–Kier alpha value is -2.61. The molecule has 2 N–H and O–H groups in total. The first kappa shape index (κ1) is 13.4. The van der Waals surface area contributed by atoms with Crippen LogP contribution in [0.3, 0.4) is 0 Å². The third-order valence-electron chi connectivity index (χ3n) is 3.39. The summed E-state index contributed by atoms with van der Waals surface area (Å²) in [5.74, 6) is -1.16. The Bertz CT molecular complexity index is 657. The average Bonchev–Trinajstić information content (AvgIpc) is 2.65. The predicted octanol–water partition coefficient (Wildman–Crippen LogP) is 0.0559. The van der Waals surface area contributed by atoms with Crippen molar-refractivity contribution in [1.82, 2.24) is 9.80 Å². The normalized spacial score (nSPS) is 18.0. The van der Waals surface area contributed by atoms with Crippen LogP contribution < -0.4 is 10.5 Å². The number of carbonyl (C=O) groups is 3. The van der Waals surface area contributed by atoms with Crippen LogP contribution in [0.15, 0.2) is 12.1 Å². The maximum absolute atomic E-state index is 11.9. The number of hydrogen-bond acceptors (Lipinski definition) is 6. The molecule has 1 saturated heterocycles. The molecule has 110 valence electrons. The Morgan fingerprint density at radius 1 is 1.24 bits per heavy atom. The largest absolute Gasteiger partial charge is 0.467 e. The molecule has 0 saturated carbocycles. The number of nitrogens with zero attached hydrogens (tertiary/aromatic N) is 2. The van der Waals surface area contributed by atoms with E-state index in [1.54, 1.807) is 12.1 Å². The molecule has 0 bridgehead atoms. The first-order valence-corrected chi connectivity index (χ1v) is 6.24. The number of ether oxygens (including phenoxy) is 2. The van der Waals surface area contributed by atoms with Gasteiger partial charge in [-0.1, -0.05) is 0 Å². The summed E-state index contributed by atoms with van der Waals surface area (Å²) < 4.78 is 10.6. The lowest BCUT2D eigenvalue weighted by Crippen LogP contribution is -2.31. The average molecular weight is 291 g/mol.